The van der Waals surface area contributed by atoms with Crippen LogP contribution in [0.25, 0.3) is 0 Å². The van der Waals surface area contributed by atoms with Crippen LogP contribution in [-0.2, 0) is 9.59 Å². The first-order chi connectivity index (χ1) is 5.70. The maximum atomic E-state index is 11.2. The Labute approximate surface area is 71.2 Å². The summed E-state index contributed by atoms with van der Waals surface area (Å²) in [5, 5.41) is 10.2. The molecule has 0 atom stereocenters. The lowest BCUT2D eigenvalue weighted by Crippen LogP contribution is -2.41. The summed E-state index contributed by atoms with van der Waals surface area (Å²) in [5.41, 5.74) is 0. The number of rotatable bonds is 2. The molecule has 1 rings (SSSR count). The van der Waals surface area contributed by atoms with Crippen LogP contribution in [0.3, 0.4) is 0 Å². The zero-order valence-corrected chi connectivity index (χ0v) is 6.91. The predicted octanol–water partition coefficient (Wildman–Crippen LogP) is -0.861. The van der Waals surface area contributed by atoms with Gasteiger partial charge >= 0.3 is 0 Å². The van der Waals surface area contributed by atoms with Gasteiger partial charge < -0.3 is 14.8 Å². The lowest BCUT2D eigenvalue weighted by Gasteiger charge is -2.20. The number of hydrogen-bond donors (Lipinski definition) is 0. The molecule has 0 aliphatic carbocycles. The molecular weight excluding hydrogens is 158 g/mol. The second kappa shape index (κ2) is 4.09. The van der Waals surface area contributed by atoms with Crippen LogP contribution >= 0.6 is 0 Å². The van der Waals surface area contributed by atoms with E-state index < -0.39 is 5.97 Å². The normalized spacial score (nSPS) is 19.0. The van der Waals surface area contributed by atoms with Crippen molar-refractivity contribution in [3.8, 4) is 0 Å². The van der Waals surface area contributed by atoms with Crippen LogP contribution in [0.5, 0.6) is 0 Å². The first-order valence-electron chi connectivity index (χ1n) is 4.18. The third-order valence-electron chi connectivity index (χ3n) is 1.99. The number of carboxylic acid groups (broad SMARTS) is 1. The van der Waals surface area contributed by atoms with Gasteiger partial charge in [-0.25, -0.2) is 0 Å². The fourth-order valence-electron chi connectivity index (χ4n) is 1.36. The van der Waals surface area contributed by atoms with Gasteiger partial charge in [0.2, 0.25) is 5.91 Å². The van der Waals surface area contributed by atoms with Gasteiger partial charge in [-0.05, 0) is 12.8 Å². The van der Waals surface area contributed by atoms with E-state index in [1.54, 1.807) is 0 Å². The van der Waals surface area contributed by atoms with Crippen LogP contribution in [0.15, 0.2) is 0 Å². The van der Waals surface area contributed by atoms with E-state index in [-0.39, 0.29) is 12.5 Å². The van der Waals surface area contributed by atoms with Gasteiger partial charge in [-0.15, -0.1) is 0 Å². The van der Waals surface area contributed by atoms with Gasteiger partial charge in [0.1, 0.15) is 0 Å². The summed E-state index contributed by atoms with van der Waals surface area (Å²) < 4.78 is 0. The van der Waals surface area contributed by atoms with Gasteiger partial charge in [0.05, 0.1) is 12.5 Å². The first-order valence-corrected chi connectivity index (χ1v) is 4.18. The molecular formula is C8H12NO3-. The third kappa shape index (κ3) is 2.53. The van der Waals surface area contributed by atoms with Crippen LogP contribution in [0.2, 0.25) is 0 Å². The maximum absolute atomic E-state index is 11.2. The molecule has 1 aliphatic rings. The average molecular weight is 170 g/mol. The Hall–Kier alpha value is -1.06. The van der Waals surface area contributed by atoms with E-state index in [0.717, 1.165) is 19.3 Å². The molecule has 4 nitrogen and oxygen atoms in total. The van der Waals surface area contributed by atoms with Crippen molar-refractivity contribution in [2.45, 2.75) is 25.7 Å². The number of carboxylic acids is 1. The lowest BCUT2D eigenvalue weighted by atomic mass is 10.2. The number of likely N-dealkylation sites (tertiary alicyclic amines) is 1. The summed E-state index contributed by atoms with van der Waals surface area (Å²) >= 11 is 0. The van der Waals surface area contributed by atoms with Crippen LogP contribution in [0.1, 0.15) is 25.7 Å². The Bertz CT molecular complexity index is 191. The minimum absolute atomic E-state index is 0.0586. The van der Waals surface area contributed by atoms with Crippen LogP contribution in [-0.4, -0.2) is 29.9 Å². The molecule has 68 valence electrons. The van der Waals surface area contributed by atoms with E-state index in [2.05, 4.69) is 0 Å². The molecule has 0 saturated carbocycles. The van der Waals surface area contributed by atoms with Gasteiger partial charge in [-0.2, -0.15) is 0 Å². The number of amides is 1. The van der Waals surface area contributed by atoms with Crippen LogP contribution < -0.4 is 5.11 Å². The highest BCUT2D eigenvalue weighted by Crippen LogP contribution is 2.10. The maximum Gasteiger partial charge on any atom is 0.222 e. The highest BCUT2D eigenvalue weighted by Gasteiger charge is 2.15. The number of carbonyl (C=O) groups is 2. The zero-order chi connectivity index (χ0) is 8.97. The molecule has 1 fully saturated rings. The first kappa shape index (κ1) is 9.03. The largest absolute Gasteiger partial charge is 0.548 e. The summed E-state index contributed by atoms with van der Waals surface area (Å²) in [6, 6.07) is 0. The average Bonchev–Trinajstić information content (AvgIpc) is 2.16. The Kier molecular flexibility index (Phi) is 3.08. The summed E-state index contributed by atoms with van der Waals surface area (Å²) in [5.74, 6) is -1.23. The molecule has 1 saturated heterocycles. The summed E-state index contributed by atoms with van der Waals surface area (Å²) in [6.07, 6.45) is 3.27. The molecule has 0 aromatic heterocycles. The molecule has 12 heavy (non-hydrogen) atoms. The molecule has 1 aliphatic heterocycles. The predicted molar refractivity (Wildman–Crippen MR) is 40.1 cm³/mol. The van der Waals surface area contributed by atoms with E-state index in [0.29, 0.717) is 13.0 Å². The Morgan fingerprint density at radius 3 is 2.83 bits per heavy atom. The third-order valence-corrected chi connectivity index (χ3v) is 1.99. The SMILES string of the molecule is O=C([O-])CN1CCCCCC1=O. The smallest absolute Gasteiger partial charge is 0.222 e. The van der Waals surface area contributed by atoms with E-state index >= 15 is 0 Å². The highest BCUT2D eigenvalue weighted by atomic mass is 16.4. The molecule has 0 radical (unpaired) electrons. The Balaban J connectivity index is 2.47. The van der Waals surface area contributed by atoms with Crippen molar-refractivity contribution < 1.29 is 14.7 Å². The fourth-order valence-corrected chi connectivity index (χ4v) is 1.36. The molecule has 0 bridgehead atoms. The lowest BCUT2D eigenvalue weighted by molar-refractivity contribution is -0.306. The molecule has 0 aromatic rings. The number of hydrogen-bond acceptors (Lipinski definition) is 3. The summed E-state index contributed by atoms with van der Waals surface area (Å²) in [6.45, 7) is 0.311. The standard InChI is InChI=1S/C8H13NO3/c10-7-4-2-1-3-5-9(7)6-8(11)12/h1-6H2,(H,11,12)/p-1. The van der Waals surface area contributed by atoms with E-state index in [4.69, 9.17) is 0 Å². The van der Waals surface area contributed by atoms with Crippen LogP contribution in [0, 0.1) is 0 Å². The van der Waals surface area contributed by atoms with E-state index in [9.17, 15) is 14.7 Å². The van der Waals surface area contributed by atoms with Crippen molar-refractivity contribution in [2.75, 3.05) is 13.1 Å². The minimum Gasteiger partial charge on any atom is -0.548 e. The molecule has 0 unspecified atom stereocenters. The second-order valence-corrected chi connectivity index (χ2v) is 3.00. The molecule has 0 N–H and O–H groups in total. The van der Waals surface area contributed by atoms with Gasteiger partial charge in [-0.1, -0.05) is 6.42 Å². The zero-order valence-electron chi connectivity index (χ0n) is 6.91. The Morgan fingerprint density at radius 2 is 2.17 bits per heavy atom. The number of carbonyl (C=O) groups excluding carboxylic acids is 2. The Morgan fingerprint density at radius 1 is 1.42 bits per heavy atom. The van der Waals surface area contributed by atoms with Crippen LogP contribution in [0.4, 0.5) is 0 Å². The van der Waals surface area contributed by atoms with Gasteiger partial charge in [0.15, 0.2) is 0 Å². The van der Waals surface area contributed by atoms with Crippen molar-refractivity contribution in [1.82, 2.24) is 4.90 Å². The summed E-state index contributed by atoms with van der Waals surface area (Å²) in [4.78, 5) is 22.8. The van der Waals surface area contributed by atoms with Crippen molar-refractivity contribution in [3.63, 3.8) is 0 Å². The quantitative estimate of drug-likeness (QED) is 0.541. The van der Waals surface area contributed by atoms with Crippen molar-refractivity contribution in [1.29, 1.82) is 0 Å². The summed E-state index contributed by atoms with van der Waals surface area (Å²) in [7, 11) is 0. The minimum atomic E-state index is -1.18. The molecule has 0 spiro atoms. The van der Waals surface area contributed by atoms with Gasteiger partial charge in [0, 0.05) is 13.0 Å². The van der Waals surface area contributed by atoms with Crippen molar-refractivity contribution in [3.05, 3.63) is 0 Å². The van der Waals surface area contributed by atoms with E-state index in [1.165, 1.54) is 4.90 Å². The van der Waals surface area contributed by atoms with Gasteiger partial charge in [0.25, 0.3) is 0 Å². The van der Waals surface area contributed by atoms with E-state index in [1.807, 2.05) is 0 Å². The van der Waals surface area contributed by atoms with Crippen molar-refractivity contribution >= 4 is 11.9 Å². The van der Waals surface area contributed by atoms with Gasteiger partial charge in [-0.3, -0.25) is 4.79 Å². The number of aliphatic carboxylic acids is 1. The molecule has 0 aromatic carbocycles. The monoisotopic (exact) mass is 170 g/mol. The second-order valence-electron chi connectivity index (χ2n) is 3.00. The fraction of sp³-hybridized carbons (Fsp3) is 0.750. The molecule has 1 amide bonds. The number of nitrogens with zero attached hydrogens (tertiary/aromatic N) is 1. The molecule has 4 heteroatoms. The van der Waals surface area contributed by atoms with Crippen molar-refractivity contribution in [2.24, 2.45) is 0 Å². The molecule has 1 heterocycles. The topological polar surface area (TPSA) is 60.4 Å². The highest BCUT2D eigenvalue weighted by molar-refractivity contribution is 5.80.